The number of hydrogen-bond acceptors (Lipinski definition) is 3. The van der Waals surface area contributed by atoms with Crippen LogP contribution in [0.25, 0.3) is 92.1 Å². The smallest absolute Gasteiger partial charge is 0.0542 e. The second-order valence-electron chi connectivity index (χ2n) is 21.4. The first-order valence-corrected chi connectivity index (χ1v) is 28.1. The third-order valence-electron chi connectivity index (χ3n) is 16.6. The van der Waals surface area contributed by atoms with E-state index in [1.807, 2.05) is 0 Å². The minimum atomic E-state index is 1.07. The Morgan fingerprint density at radius 3 is 0.646 bits per heavy atom. The average molecular weight is 1050 g/mol. The summed E-state index contributed by atoms with van der Waals surface area (Å²) in [6, 6.07) is 116. The number of fused-ring (bicyclic) bond motifs is 9. The van der Waals surface area contributed by atoms with Gasteiger partial charge < -0.3 is 19.3 Å². The Morgan fingerprint density at radius 2 is 0.378 bits per heavy atom. The number of benzene rings is 15. The molecular weight excluding hydrogens is 993 g/mol. The van der Waals surface area contributed by atoms with Crippen molar-refractivity contribution in [2.45, 2.75) is 0 Å². The molecule has 0 aliphatic rings. The number of hydrogen-bond donors (Lipinski definition) is 0. The normalized spacial score (nSPS) is 11.7. The molecule has 15 aromatic carbocycles. The van der Waals surface area contributed by atoms with Gasteiger partial charge in [-0.05, 0) is 198 Å². The molecule has 4 nitrogen and oxygen atoms in total. The monoisotopic (exact) mass is 1040 g/mol. The third-order valence-corrected chi connectivity index (χ3v) is 16.6. The lowest BCUT2D eigenvalue weighted by atomic mass is 10.0. The van der Waals surface area contributed by atoms with E-state index in [0.717, 1.165) is 78.7 Å². The van der Waals surface area contributed by atoms with Gasteiger partial charge in [0.1, 0.15) is 0 Å². The zero-order valence-corrected chi connectivity index (χ0v) is 44.8. The molecule has 0 aliphatic heterocycles. The molecular formula is C78H52N4. The lowest BCUT2D eigenvalue weighted by Crippen LogP contribution is -2.10. The summed E-state index contributed by atoms with van der Waals surface area (Å²) >= 11 is 0. The van der Waals surface area contributed by atoms with Gasteiger partial charge in [0.2, 0.25) is 0 Å². The molecule has 16 aromatic rings. The van der Waals surface area contributed by atoms with E-state index >= 15 is 0 Å². The van der Waals surface area contributed by atoms with Crippen molar-refractivity contribution in [2.75, 3.05) is 14.7 Å². The molecule has 1 aromatic heterocycles. The second-order valence-corrected chi connectivity index (χ2v) is 21.4. The number of anilines is 9. The van der Waals surface area contributed by atoms with Crippen LogP contribution in [-0.2, 0) is 0 Å². The minimum Gasteiger partial charge on any atom is -0.310 e. The highest BCUT2D eigenvalue weighted by Gasteiger charge is 2.22. The quantitative estimate of drug-likeness (QED) is 0.136. The van der Waals surface area contributed by atoms with Gasteiger partial charge in [0.25, 0.3) is 0 Å². The van der Waals surface area contributed by atoms with Crippen LogP contribution in [0.3, 0.4) is 0 Å². The molecule has 384 valence electrons. The Bertz CT molecular complexity index is 4690. The van der Waals surface area contributed by atoms with Gasteiger partial charge in [-0.25, -0.2) is 0 Å². The highest BCUT2D eigenvalue weighted by Crippen LogP contribution is 2.46. The van der Waals surface area contributed by atoms with E-state index in [0.29, 0.717) is 0 Å². The zero-order chi connectivity index (χ0) is 54.1. The molecule has 0 spiro atoms. The summed E-state index contributed by atoms with van der Waals surface area (Å²) in [6.45, 7) is 0. The molecule has 0 saturated heterocycles. The fraction of sp³-hybridized carbons (Fsp3) is 0. The lowest BCUT2D eigenvalue weighted by molar-refractivity contribution is 1.17. The lowest BCUT2D eigenvalue weighted by Gasteiger charge is -2.27. The highest BCUT2D eigenvalue weighted by atomic mass is 15.2. The van der Waals surface area contributed by atoms with Crippen molar-refractivity contribution < 1.29 is 0 Å². The van der Waals surface area contributed by atoms with Crippen LogP contribution in [0.5, 0.6) is 0 Å². The van der Waals surface area contributed by atoms with Crippen molar-refractivity contribution in [3.8, 4) is 5.69 Å². The van der Waals surface area contributed by atoms with Crippen LogP contribution in [0, 0.1) is 0 Å². The molecule has 0 N–H and O–H groups in total. The van der Waals surface area contributed by atoms with Gasteiger partial charge >= 0.3 is 0 Å². The van der Waals surface area contributed by atoms with Gasteiger partial charge in [0.15, 0.2) is 0 Å². The molecule has 4 heteroatoms. The van der Waals surface area contributed by atoms with Gasteiger partial charge in [0, 0.05) is 67.6 Å². The van der Waals surface area contributed by atoms with Crippen LogP contribution >= 0.6 is 0 Å². The number of rotatable bonds is 10. The van der Waals surface area contributed by atoms with Crippen molar-refractivity contribution in [3.05, 3.63) is 315 Å². The molecule has 16 rings (SSSR count). The first-order valence-electron chi connectivity index (χ1n) is 28.1. The molecule has 0 fully saturated rings. The Morgan fingerprint density at radius 1 is 0.171 bits per heavy atom. The zero-order valence-electron chi connectivity index (χ0n) is 44.8. The largest absolute Gasteiger partial charge is 0.310 e. The molecule has 0 bridgehead atoms. The van der Waals surface area contributed by atoms with Crippen LogP contribution in [0.4, 0.5) is 51.2 Å². The van der Waals surface area contributed by atoms with E-state index in [4.69, 9.17) is 0 Å². The Kier molecular flexibility index (Phi) is 11.2. The SMILES string of the molecule is c1ccc2cc(N(c3ccc(-n4c5ccc(N(c6ccc7ccccc7c6)c6ccc7ccccc7c6)cc5c5cc(N(c6ccc7ccccc7c6)c6ccc7ccccc7c6)ccc54)cc3)c3ccc4ccccc4c3)ccc2c1. The molecule has 0 unspecified atom stereocenters. The molecule has 1 heterocycles. The van der Waals surface area contributed by atoms with Crippen LogP contribution in [0.1, 0.15) is 0 Å². The van der Waals surface area contributed by atoms with Crippen molar-refractivity contribution in [1.29, 1.82) is 0 Å². The molecule has 0 atom stereocenters. The predicted octanol–water partition coefficient (Wildman–Crippen LogP) is 22.1. The van der Waals surface area contributed by atoms with Gasteiger partial charge in [-0.2, -0.15) is 0 Å². The van der Waals surface area contributed by atoms with Crippen molar-refractivity contribution in [3.63, 3.8) is 0 Å². The minimum absolute atomic E-state index is 1.07. The van der Waals surface area contributed by atoms with Crippen molar-refractivity contribution in [2.24, 2.45) is 0 Å². The van der Waals surface area contributed by atoms with Crippen LogP contribution in [-0.4, -0.2) is 4.57 Å². The first-order chi connectivity index (χ1) is 40.6. The fourth-order valence-electron chi connectivity index (χ4n) is 12.5. The van der Waals surface area contributed by atoms with E-state index in [1.54, 1.807) is 0 Å². The van der Waals surface area contributed by atoms with E-state index in [9.17, 15) is 0 Å². The molecule has 0 amide bonds. The van der Waals surface area contributed by atoms with Crippen LogP contribution in [0.2, 0.25) is 0 Å². The molecule has 82 heavy (non-hydrogen) atoms. The summed E-state index contributed by atoms with van der Waals surface area (Å²) in [5, 5.41) is 16.7. The van der Waals surface area contributed by atoms with E-state index in [-0.39, 0.29) is 0 Å². The summed E-state index contributed by atoms with van der Waals surface area (Å²) in [6.07, 6.45) is 0. The predicted molar refractivity (Wildman–Crippen MR) is 350 cm³/mol. The van der Waals surface area contributed by atoms with Gasteiger partial charge in [-0.1, -0.05) is 182 Å². The average Bonchev–Trinajstić information content (AvgIpc) is 4.07. The van der Waals surface area contributed by atoms with Gasteiger partial charge in [0.05, 0.1) is 11.0 Å². The third kappa shape index (κ3) is 8.24. The summed E-state index contributed by atoms with van der Waals surface area (Å²) in [4.78, 5) is 7.23. The Hall–Kier alpha value is -10.9. The van der Waals surface area contributed by atoms with Gasteiger partial charge in [-0.15, -0.1) is 0 Å². The Balaban J connectivity index is 0.910. The molecule has 0 aliphatic carbocycles. The highest BCUT2D eigenvalue weighted by molar-refractivity contribution is 6.13. The van der Waals surface area contributed by atoms with E-state index in [2.05, 4.69) is 335 Å². The first kappa shape index (κ1) is 47.1. The maximum absolute atomic E-state index is 2.45. The van der Waals surface area contributed by atoms with Crippen LogP contribution < -0.4 is 14.7 Å². The topological polar surface area (TPSA) is 14.7 Å². The van der Waals surface area contributed by atoms with E-state index in [1.165, 1.54) is 64.6 Å². The summed E-state index contributed by atoms with van der Waals surface area (Å²) in [5.41, 5.74) is 13.1. The Labute approximate surface area is 475 Å². The standard InChI is InChI=1S/C78H52N4/c1-7-19-59-45-67(31-25-53(59)13-1)79(68-32-26-54-14-2-8-20-60(54)46-68)65-37-39-66(40-38-65)82-77-43-41-73(80(69-33-27-55-15-3-9-21-61(55)47-69)70-34-28-56-16-4-10-22-62(56)48-70)51-75(77)76-52-74(42-44-78(76)82)81(71-35-29-57-17-5-11-23-63(57)49-71)72-36-30-58-18-6-12-24-64(58)50-72/h1-52H. The summed E-state index contributed by atoms with van der Waals surface area (Å²) in [5.74, 6) is 0. The van der Waals surface area contributed by atoms with Crippen molar-refractivity contribution in [1.82, 2.24) is 4.57 Å². The second kappa shape index (κ2) is 19.5. The fourth-order valence-corrected chi connectivity index (χ4v) is 12.5. The van der Waals surface area contributed by atoms with Crippen LogP contribution in [0.15, 0.2) is 315 Å². The maximum Gasteiger partial charge on any atom is 0.0542 e. The summed E-state index contributed by atoms with van der Waals surface area (Å²) < 4.78 is 2.45. The molecule has 0 saturated carbocycles. The van der Waals surface area contributed by atoms with Crippen molar-refractivity contribution >= 4 is 138 Å². The molecule has 0 radical (unpaired) electrons. The number of nitrogens with zero attached hydrogens (tertiary/aromatic N) is 4. The maximum atomic E-state index is 2.45. The van der Waals surface area contributed by atoms with E-state index < -0.39 is 0 Å². The number of aromatic nitrogens is 1. The summed E-state index contributed by atoms with van der Waals surface area (Å²) in [7, 11) is 0. The van der Waals surface area contributed by atoms with Gasteiger partial charge in [-0.3, -0.25) is 0 Å².